The van der Waals surface area contributed by atoms with Crippen molar-refractivity contribution < 1.29 is 9.53 Å². The lowest BCUT2D eigenvalue weighted by Gasteiger charge is -1.95. The number of methoxy groups -OCH3 is 1. The van der Waals surface area contributed by atoms with Gasteiger partial charge in [-0.15, -0.1) is 0 Å². The summed E-state index contributed by atoms with van der Waals surface area (Å²) in [4.78, 5) is 11.3. The quantitative estimate of drug-likeness (QED) is 0.630. The molecule has 0 unspecified atom stereocenters. The van der Waals surface area contributed by atoms with E-state index < -0.39 is 17.3 Å². The third-order valence-corrected chi connectivity index (χ3v) is 2.79. The van der Waals surface area contributed by atoms with E-state index in [-0.39, 0.29) is 5.92 Å². The van der Waals surface area contributed by atoms with E-state index in [1.165, 1.54) is 7.11 Å². The lowest BCUT2D eigenvalue weighted by Crippen LogP contribution is -2.09. The number of carbonyl (C=O) groups is 1. The summed E-state index contributed by atoms with van der Waals surface area (Å²) in [6.07, 6.45) is 1.59. The van der Waals surface area contributed by atoms with Crippen molar-refractivity contribution >= 4 is 5.97 Å². The van der Waals surface area contributed by atoms with E-state index in [2.05, 4.69) is 4.74 Å². The van der Waals surface area contributed by atoms with Crippen molar-refractivity contribution in [1.29, 1.82) is 10.5 Å². The van der Waals surface area contributed by atoms with Crippen molar-refractivity contribution in [3.63, 3.8) is 0 Å². The van der Waals surface area contributed by atoms with Crippen molar-refractivity contribution in [3.05, 3.63) is 0 Å². The van der Waals surface area contributed by atoms with Crippen molar-refractivity contribution in [2.24, 2.45) is 17.3 Å². The van der Waals surface area contributed by atoms with Gasteiger partial charge in [-0.2, -0.15) is 10.5 Å². The molecule has 0 bridgehead atoms. The van der Waals surface area contributed by atoms with Crippen LogP contribution in [0.3, 0.4) is 0 Å². The predicted octanol–water partition coefficient (Wildman–Crippen LogP) is 1.24. The van der Waals surface area contributed by atoms with Gasteiger partial charge in [0.1, 0.15) is 0 Å². The molecule has 0 aromatic rings. The molecule has 14 heavy (non-hydrogen) atoms. The van der Waals surface area contributed by atoms with Gasteiger partial charge in [-0.05, 0) is 6.42 Å². The maximum absolute atomic E-state index is 11.3. The highest BCUT2D eigenvalue weighted by molar-refractivity contribution is 5.80. The van der Waals surface area contributed by atoms with Gasteiger partial charge in [0.2, 0.25) is 0 Å². The second-order valence-electron chi connectivity index (χ2n) is 3.49. The van der Waals surface area contributed by atoms with E-state index >= 15 is 0 Å². The Hall–Kier alpha value is -1.55. The number of ether oxygens (including phenoxy) is 1. The maximum atomic E-state index is 11.3. The minimum Gasteiger partial charge on any atom is -0.469 e. The van der Waals surface area contributed by atoms with Crippen molar-refractivity contribution in [2.45, 2.75) is 19.8 Å². The lowest BCUT2D eigenvalue weighted by molar-refractivity contribution is -0.142. The van der Waals surface area contributed by atoms with Crippen LogP contribution in [0, 0.1) is 39.9 Å². The third kappa shape index (κ3) is 1.24. The van der Waals surface area contributed by atoms with Crippen molar-refractivity contribution in [3.8, 4) is 12.1 Å². The van der Waals surface area contributed by atoms with Gasteiger partial charge in [0.25, 0.3) is 0 Å². The highest BCUT2D eigenvalue weighted by Crippen LogP contribution is 2.60. The average molecular weight is 192 g/mol. The van der Waals surface area contributed by atoms with Crippen LogP contribution >= 0.6 is 0 Å². The standard InChI is InChI=1S/C10H12N2O2/c1-3-4-7-8(9(13)14-2)10(7,5-11)6-12/h7-8H,3-4H2,1-2H3/t7-,8+/m1/s1. The SMILES string of the molecule is CCC[C@@H]1[C@@H](C(=O)OC)C1(C#N)C#N. The number of hydrogen-bond donors (Lipinski definition) is 0. The van der Waals surface area contributed by atoms with Gasteiger partial charge < -0.3 is 4.74 Å². The van der Waals surface area contributed by atoms with Crippen LogP contribution in [0.15, 0.2) is 0 Å². The van der Waals surface area contributed by atoms with E-state index in [4.69, 9.17) is 10.5 Å². The Labute approximate surface area is 83.1 Å². The molecule has 0 spiro atoms. The molecule has 0 heterocycles. The fourth-order valence-corrected chi connectivity index (χ4v) is 1.97. The Morgan fingerprint density at radius 1 is 1.50 bits per heavy atom. The van der Waals surface area contributed by atoms with Crippen LogP contribution in [-0.2, 0) is 9.53 Å². The first-order valence-electron chi connectivity index (χ1n) is 4.58. The van der Waals surface area contributed by atoms with Gasteiger partial charge in [-0.1, -0.05) is 13.3 Å². The molecule has 4 heteroatoms. The molecule has 4 nitrogen and oxygen atoms in total. The van der Waals surface area contributed by atoms with E-state index in [9.17, 15) is 4.79 Å². The molecule has 0 saturated heterocycles. The van der Waals surface area contributed by atoms with Gasteiger partial charge in [0.15, 0.2) is 5.41 Å². The van der Waals surface area contributed by atoms with E-state index in [1.807, 2.05) is 19.1 Å². The number of nitriles is 2. The van der Waals surface area contributed by atoms with Crippen LogP contribution in [0.5, 0.6) is 0 Å². The fraction of sp³-hybridized carbons (Fsp3) is 0.700. The Morgan fingerprint density at radius 2 is 2.07 bits per heavy atom. The minimum absolute atomic E-state index is 0.144. The Balaban J connectivity index is 2.84. The van der Waals surface area contributed by atoms with Crippen molar-refractivity contribution in [1.82, 2.24) is 0 Å². The van der Waals surface area contributed by atoms with Crippen LogP contribution in [0.4, 0.5) is 0 Å². The topological polar surface area (TPSA) is 73.9 Å². The molecule has 0 amide bonds. The Kier molecular flexibility index (Phi) is 2.76. The summed E-state index contributed by atoms with van der Waals surface area (Å²) in [7, 11) is 1.28. The molecule has 2 atom stereocenters. The summed E-state index contributed by atoms with van der Waals surface area (Å²) in [5, 5.41) is 17.8. The van der Waals surface area contributed by atoms with Crippen LogP contribution in [0.1, 0.15) is 19.8 Å². The minimum atomic E-state index is -1.12. The molecule has 1 rings (SSSR count). The molecular formula is C10H12N2O2. The zero-order valence-corrected chi connectivity index (χ0v) is 8.28. The molecule has 74 valence electrons. The van der Waals surface area contributed by atoms with Crippen LogP contribution in [0.25, 0.3) is 0 Å². The molecule has 0 radical (unpaired) electrons. The second-order valence-corrected chi connectivity index (χ2v) is 3.49. The molecule has 0 aromatic carbocycles. The first kappa shape index (κ1) is 10.5. The smallest absolute Gasteiger partial charge is 0.311 e. The summed E-state index contributed by atoms with van der Waals surface area (Å²) < 4.78 is 4.57. The van der Waals surface area contributed by atoms with Crippen molar-refractivity contribution in [2.75, 3.05) is 7.11 Å². The maximum Gasteiger partial charge on any atom is 0.311 e. The number of carbonyl (C=O) groups excluding carboxylic acids is 1. The summed E-state index contributed by atoms with van der Waals surface area (Å²) in [6, 6.07) is 3.88. The molecule has 1 aliphatic carbocycles. The lowest BCUT2D eigenvalue weighted by atomic mass is 10.1. The molecular weight excluding hydrogens is 180 g/mol. The third-order valence-electron chi connectivity index (χ3n) is 2.79. The van der Waals surface area contributed by atoms with Crippen LogP contribution in [0.2, 0.25) is 0 Å². The fourth-order valence-electron chi connectivity index (χ4n) is 1.97. The van der Waals surface area contributed by atoms with Gasteiger partial charge >= 0.3 is 5.97 Å². The molecule has 1 aliphatic rings. The molecule has 0 aliphatic heterocycles. The van der Waals surface area contributed by atoms with E-state index in [1.54, 1.807) is 0 Å². The molecule has 1 saturated carbocycles. The van der Waals surface area contributed by atoms with Crippen LogP contribution in [-0.4, -0.2) is 13.1 Å². The number of hydrogen-bond acceptors (Lipinski definition) is 4. The molecule has 0 aromatic heterocycles. The van der Waals surface area contributed by atoms with Gasteiger partial charge in [0, 0.05) is 5.92 Å². The zero-order valence-electron chi connectivity index (χ0n) is 8.28. The highest BCUT2D eigenvalue weighted by atomic mass is 16.5. The van der Waals surface area contributed by atoms with E-state index in [0.717, 1.165) is 12.8 Å². The van der Waals surface area contributed by atoms with Crippen LogP contribution < -0.4 is 0 Å². The Bertz CT molecular complexity index is 310. The average Bonchev–Trinajstić information content (AvgIpc) is 2.86. The first-order valence-corrected chi connectivity index (χ1v) is 4.58. The monoisotopic (exact) mass is 192 g/mol. The largest absolute Gasteiger partial charge is 0.469 e. The predicted molar refractivity (Wildman–Crippen MR) is 47.6 cm³/mol. The summed E-state index contributed by atoms with van der Waals surface area (Å²) in [6.45, 7) is 1.96. The highest BCUT2D eigenvalue weighted by Gasteiger charge is 2.70. The first-order chi connectivity index (χ1) is 6.67. The molecule has 1 fully saturated rings. The zero-order chi connectivity index (χ0) is 10.8. The normalized spacial score (nSPS) is 27.1. The summed E-state index contributed by atoms with van der Waals surface area (Å²) in [5.74, 6) is -1.12. The Morgan fingerprint density at radius 3 is 2.43 bits per heavy atom. The summed E-state index contributed by atoms with van der Waals surface area (Å²) >= 11 is 0. The summed E-state index contributed by atoms with van der Waals surface area (Å²) in [5.41, 5.74) is -1.12. The van der Waals surface area contributed by atoms with Gasteiger partial charge in [-0.3, -0.25) is 4.79 Å². The van der Waals surface area contributed by atoms with Gasteiger partial charge in [0.05, 0.1) is 25.2 Å². The number of esters is 1. The van der Waals surface area contributed by atoms with E-state index in [0.29, 0.717) is 0 Å². The second kappa shape index (κ2) is 3.67. The number of nitrogens with zero attached hydrogens (tertiary/aromatic N) is 2. The molecule has 0 N–H and O–H groups in total. The number of rotatable bonds is 3. The van der Waals surface area contributed by atoms with Gasteiger partial charge in [-0.25, -0.2) is 0 Å².